The molecule has 0 fully saturated rings. The van der Waals surface area contributed by atoms with E-state index in [-0.39, 0.29) is 12.4 Å². The summed E-state index contributed by atoms with van der Waals surface area (Å²) in [5.41, 5.74) is -0.745. The fourth-order valence-electron chi connectivity index (χ4n) is 2.86. The van der Waals surface area contributed by atoms with Gasteiger partial charge in [-0.1, -0.05) is 12.1 Å². The molecule has 166 valence electrons. The van der Waals surface area contributed by atoms with Crippen LogP contribution in [0.5, 0.6) is 0 Å². The molecule has 2 amide bonds. The van der Waals surface area contributed by atoms with E-state index in [9.17, 15) is 27.5 Å². The summed E-state index contributed by atoms with van der Waals surface area (Å²) in [6, 6.07) is 3.99. The van der Waals surface area contributed by atoms with E-state index in [4.69, 9.17) is 0 Å². The minimum absolute atomic E-state index is 0.0230. The van der Waals surface area contributed by atoms with Crippen molar-refractivity contribution < 1.29 is 27.5 Å². The number of amides is 2. The van der Waals surface area contributed by atoms with Crippen molar-refractivity contribution in [2.75, 3.05) is 21.1 Å². The molecule has 0 aliphatic carbocycles. The molecule has 1 aromatic carbocycles. The lowest BCUT2D eigenvalue weighted by atomic mass is 9.99. The second-order valence-corrected chi connectivity index (χ2v) is 9.48. The number of rotatable bonds is 7. The normalized spacial score (nSPS) is 20.3. The van der Waals surface area contributed by atoms with Crippen molar-refractivity contribution >= 4 is 27.9 Å². The van der Waals surface area contributed by atoms with Gasteiger partial charge >= 0.3 is 0 Å². The number of nitrogens with one attached hydrogen (secondary N) is 2. The summed E-state index contributed by atoms with van der Waals surface area (Å²) in [6.45, 7) is 3.01. The van der Waals surface area contributed by atoms with Crippen LogP contribution in [-0.4, -0.2) is 79.2 Å². The third-order valence-electron chi connectivity index (χ3n) is 4.53. The van der Waals surface area contributed by atoms with E-state index in [1.807, 2.05) is 0 Å². The van der Waals surface area contributed by atoms with E-state index >= 15 is 0 Å². The Morgan fingerprint density at radius 1 is 1.30 bits per heavy atom. The van der Waals surface area contributed by atoms with Gasteiger partial charge in [0.05, 0.1) is 5.54 Å². The molecule has 0 radical (unpaired) electrons. The molecule has 1 heterocycles. The fraction of sp³-hybridized carbons (Fsp3) is 0.500. The maximum absolute atomic E-state index is 13.0. The van der Waals surface area contributed by atoms with E-state index in [0.717, 1.165) is 9.21 Å². The number of halogens is 1. The van der Waals surface area contributed by atoms with Gasteiger partial charge < -0.3 is 10.4 Å². The molecule has 30 heavy (non-hydrogen) atoms. The number of benzene rings is 1. The molecule has 2 atom stereocenters. The summed E-state index contributed by atoms with van der Waals surface area (Å²) in [7, 11) is 0.137. The fourth-order valence-corrected chi connectivity index (χ4v) is 3.78. The van der Waals surface area contributed by atoms with Crippen molar-refractivity contribution in [3.63, 3.8) is 0 Å². The van der Waals surface area contributed by atoms with Gasteiger partial charge in [-0.3, -0.25) is 19.5 Å². The molecule has 10 nitrogen and oxygen atoms in total. The highest BCUT2D eigenvalue weighted by molar-refractivity contribution is 7.87. The van der Waals surface area contributed by atoms with Gasteiger partial charge in [-0.25, -0.2) is 4.39 Å². The number of hydrogen-bond acceptors (Lipinski definition) is 6. The number of carbonyl (C=O) groups excluding carboxylic acids is 2. The minimum atomic E-state index is -3.88. The van der Waals surface area contributed by atoms with Crippen molar-refractivity contribution in [2.45, 2.75) is 38.1 Å². The average molecular weight is 444 g/mol. The standard InChI is InChI=1S/C18H26FN5O5S/c1-18(2,22-30(28,29)23(3)4)17-21-13(14(25)16(27)24(17)5)15(26)20-10-11-6-8-12(19)9-7-11/h6-9,13-14,22,25H,10H2,1-5H3,(H,20,26). The number of aliphatic hydroxyl groups is 1. The molecule has 0 aromatic heterocycles. The predicted molar refractivity (Wildman–Crippen MR) is 108 cm³/mol. The lowest BCUT2D eigenvalue weighted by Crippen LogP contribution is -2.64. The van der Waals surface area contributed by atoms with E-state index in [0.29, 0.717) is 5.56 Å². The monoisotopic (exact) mass is 443 g/mol. The van der Waals surface area contributed by atoms with Crippen LogP contribution in [0.1, 0.15) is 19.4 Å². The first-order valence-corrected chi connectivity index (χ1v) is 10.5. The Labute approximate surface area is 174 Å². The molecule has 12 heteroatoms. The first-order chi connectivity index (χ1) is 13.8. The molecule has 3 N–H and O–H groups in total. The first-order valence-electron chi connectivity index (χ1n) is 9.04. The largest absolute Gasteiger partial charge is 0.380 e. The third-order valence-corrected chi connectivity index (χ3v) is 6.26. The van der Waals surface area contributed by atoms with E-state index in [1.54, 1.807) is 0 Å². The Kier molecular flexibility index (Phi) is 6.97. The number of aliphatic imine (C=N–C) groups is 1. The van der Waals surface area contributed by atoms with Crippen LogP contribution in [-0.2, 0) is 26.3 Å². The van der Waals surface area contributed by atoms with Gasteiger partial charge in [0.25, 0.3) is 16.1 Å². The van der Waals surface area contributed by atoms with Gasteiger partial charge in [-0.05, 0) is 31.5 Å². The van der Waals surface area contributed by atoms with Gasteiger partial charge in [-0.2, -0.15) is 17.4 Å². The molecule has 0 spiro atoms. The van der Waals surface area contributed by atoms with E-state index < -0.39 is 45.5 Å². The number of likely N-dealkylation sites (N-methyl/N-ethyl adjacent to an activating group) is 1. The highest BCUT2D eigenvalue weighted by Crippen LogP contribution is 2.20. The summed E-state index contributed by atoms with van der Waals surface area (Å²) in [5, 5.41) is 12.8. The number of nitrogens with zero attached hydrogens (tertiary/aromatic N) is 3. The van der Waals surface area contributed by atoms with Crippen LogP contribution in [0, 0.1) is 5.82 Å². The summed E-state index contributed by atoms with van der Waals surface area (Å²) >= 11 is 0. The lowest BCUT2D eigenvalue weighted by Gasteiger charge is -2.38. The van der Waals surface area contributed by atoms with Gasteiger partial charge in [0.15, 0.2) is 12.1 Å². The smallest absolute Gasteiger partial charge is 0.279 e. The van der Waals surface area contributed by atoms with Gasteiger partial charge in [0.2, 0.25) is 5.91 Å². The molecular formula is C18H26FN5O5S. The Balaban J connectivity index is 2.27. The van der Waals surface area contributed by atoms with Crippen LogP contribution < -0.4 is 10.0 Å². The topological polar surface area (TPSA) is 131 Å². The van der Waals surface area contributed by atoms with Crippen molar-refractivity contribution in [1.29, 1.82) is 0 Å². The minimum Gasteiger partial charge on any atom is -0.380 e. The van der Waals surface area contributed by atoms with Crippen molar-refractivity contribution in [2.24, 2.45) is 4.99 Å². The zero-order valence-electron chi connectivity index (χ0n) is 17.4. The maximum atomic E-state index is 13.0. The number of amidine groups is 1. The van der Waals surface area contributed by atoms with Gasteiger partial charge in [0, 0.05) is 27.7 Å². The Morgan fingerprint density at radius 2 is 1.87 bits per heavy atom. The molecule has 0 saturated heterocycles. The zero-order chi connectivity index (χ0) is 22.9. The zero-order valence-corrected chi connectivity index (χ0v) is 18.2. The molecule has 0 saturated carbocycles. The number of aliphatic hydroxyl groups excluding tert-OH is 1. The van der Waals surface area contributed by atoms with E-state index in [1.165, 1.54) is 59.3 Å². The SMILES string of the molecule is CN1C(=O)C(O)C(C(=O)NCc2ccc(F)cc2)N=C1C(C)(C)NS(=O)(=O)N(C)C. The molecular weight excluding hydrogens is 417 g/mol. The summed E-state index contributed by atoms with van der Waals surface area (Å²) in [5.74, 6) is -1.96. The van der Waals surface area contributed by atoms with E-state index in [2.05, 4.69) is 15.0 Å². The first kappa shape index (κ1) is 23.9. The second-order valence-electron chi connectivity index (χ2n) is 7.60. The van der Waals surface area contributed by atoms with Crippen LogP contribution >= 0.6 is 0 Å². The summed E-state index contributed by atoms with van der Waals surface area (Å²) in [6.07, 6.45) is -1.73. The molecule has 1 aromatic rings. The van der Waals surface area contributed by atoms with Crippen LogP contribution in [0.2, 0.25) is 0 Å². The predicted octanol–water partition coefficient (Wildman–Crippen LogP) is -0.783. The highest BCUT2D eigenvalue weighted by atomic mass is 32.2. The Morgan fingerprint density at radius 3 is 2.40 bits per heavy atom. The van der Waals surface area contributed by atoms with Crippen LogP contribution in [0.15, 0.2) is 29.3 Å². The quantitative estimate of drug-likeness (QED) is 0.509. The molecule has 2 rings (SSSR count). The van der Waals surface area contributed by atoms with Crippen molar-refractivity contribution in [1.82, 2.24) is 19.2 Å². The van der Waals surface area contributed by atoms with Gasteiger partial charge in [-0.15, -0.1) is 0 Å². The molecule has 2 unspecified atom stereocenters. The van der Waals surface area contributed by atoms with Crippen LogP contribution in [0.4, 0.5) is 4.39 Å². The average Bonchev–Trinajstić information content (AvgIpc) is 2.64. The highest BCUT2D eigenvalue weighted by Gasteiger charge is 2.45. The Hall–Kier alpha value is -2.41. The van der Waals surface area contributed by atoms with Gasteiger partial charge in [0.1, 0.15) is 11.7 Å². The second kappa shape index (κ2) is 8.76. The lowest BCUT2D eigenvalue weighted by molar-refractivity contribution is -0.142. The maximum Gasteiger partial charge on any atom is 0.279 e. The van der Waals surface area contributed by atoms with Crippen LogP contribution in [0.3, 0.4) is 0 Å². The number of hydrogen-bond donors (Lipinski definition) is 3. The summed E-state index contributed by atoms with van der Waals surface area (Å²) < 4.78 is 40.9. The Bertz CT molecular complexity index is 946. The number of carbonyl (C=O) groups is 2. The molecule has 0 bridgehead atoms. The van der Waals surface area contributed by atoms with Crippen molar-refractivity contribution in [3.05, 3.63) is 35.6 Å². The molecule has 1 aliphatic heterocycles. The summed E-state index contributed by atoms with van der Waals surface area (Å²) in [4.78, 5) is 30.3. The third kappa shape index (κ3) is 5.19. The molecule has 1 aliphatic rings. The van der Waals surface area contributed by atoms with Crippen molar-refractivity contribution in [3.8, 4) is 0 Å². The van der Waals surface area contributed by atoms with Crippen LogP contribution in [0.25, 0.3) is 0 Å².